The second kappa shape index (κ2) is 9.19. The van der Waals surface area contributed by atoms with E-state index in [0.717, 1.165) is 19.4 Å². The minimum absolute atomic E-state index is 0.214. The number of hydrogen-bond donors (Lipinski definition) is 2. The third-order valence-corrected chi connectivity index (χ3v) is 5.04. The Morgan fingerprint density at radius 1 is 1.21 bits per heavy atom. The van der Waals surface area contributed by atoms with Gasteiger partial charge in [0.1, 0.15) is 0 Å². The Kier molecular flexibility index (Phi) is 7.26. The molecule has 0 radical (unpaired) electrons. The van der Waals surface area contributed by atoms with E-state index in [4.69, 9.17) is 5.11 Å². The van der Waals surface area contributed by atoms with Crippen LogP contribution in [0.15, 0.2) is 41.5 Å². The average Bonchev–Trinajstić information content (AvgIpc) is 2.54. The number of aliphatic hydroxyl groups is 1. The van der Waals surface area contributed by atoms with E-state index < -0.39 is 0 Å². The van der Waals surface area contributed by atoms with E-state index in [0.29, 0.717) is 12.0 Å². The lowest BCUT2D eigenvalue weighted by molar-refractivity contribution is 0.292. The van der Waals surface area contributed by atoms with Gasteiger partial charge in [-0.2, -0.15) is 0 Å². The highest BCUT2D eigenvalue weighted by Crippen LogP contribution is 2.40. The molecule has 0 saturated carbocycles. The van der Waals surface area contributed by atoms with E-state index in [1.807, 2.05) is 0 Å². The molecule has 0 saturated heterocycles. The fourth-order valence-electron chi connectivity index (χ4n) is 3.66. The Bertz CT molecular complexity index is 583. The summed E-state index contributed by atoms with van der Waals surface area (Å²) in [6.45, 7) is 8.88. The smallest absolute Gasteiger partial charge is 0.0555 e. The topological polar surface area (TPSA) is 32.3 Å². The van der Waals surface area contributed by atoms with E-state index in [2.05, 4.69) is 62.5 Å². The molecule has 132 valence electrons. The van der Waals surface area contributed by atoms with Crippen LogP contribution < -0.4 is 5.32 Å². The minimum Gasteiger partial charge on any atom is -0.395 e. The fraction of sp³-hybridized carbons (Fsp3) is 0.545. The normalized spacial score (nSPS) is 17.7. The summed E-state index contributed by atoms with van der Waals surface area (Å²) in [6, 6.07) is 8.85. The first-order valence-electron chi connectivity index (χ1n) is 9.32. The fourth-order valence-corrected chi connectivity index (χ4v) is 3.66. The summed E-state index contributed by atoms with van der Waals surface area (Å²) < 4.78 is 0. The summed E-state index contributed by atoms with van der Waals surface area (Å²) in [6.07, 6.45) is 10.6. The summed E-state index contributed by atoms with van der Waals surface area (Å²) in [4.78, 5) is 0. The van der Waals surface area contributed by atoms with Gasteiger partial charge in [0.05, 0.1) is 6.61 Å². The molecule has 1 aliphatic carbocycles. The Balaban J connectivity index is 1.98. The maximum atomic E-state index is 8.77. The molecule has 24 heavy (non-hydrogen) atoms. The number of allylic oxidation sites excluding steroid dienone is 3. The van der Waals surface area contributed by atoms with Crippen molar-refractivity contribution in [3.05, 3.63) is 52.6 Å². The zero-order valence-electron chi connectivity index (χ0n) is 15.6. The molecular formula is C22H33NO. The summed E-state index contributed by atoms with van der Waals surface area (Å²) in [7, 11) is 0. The van der Waals surface area contributed by atoms with Crippen LogP contribution in [0.25, 0.3) is 6.08 Å². The molecule has 0 aromatic heterocycles. The molecule has 0 amide bonds. The predicted octanol–water partition coefficient (Wildman–Crippen LogP) is 4.74. The summed E-state index contributed by atoms with van der Waals surface area (Å²) in [5.41, 5.74) is 6.05. The first-order valence-corrected chi connectivity index (χ1v) is 9.32. The van der Waals surface area contributed by atoms with Crippen LogP contribution in [0.3, 0.4) is 0 Å². The highest BCUT2D eigenvalue weighted by molar-refractivity contribution is 5.55. The zero-order valence-corrected chi connectivity index (χ0v) is 15.6. The molecule has 2 N–H and O–H groups in total. The number of aryl methyl sites for hydroxylation is 1. The largest absolute Gasteiger partial charge is 0.395 e. The van der Waals surface area contributed by atoms with Crippen molar-refractivity contribution < 1.29 is 5.11 Å². The van der Waals surface area contributed by atoms with Gasteiger partial charge in [0.15, 0.2) is 0 Å². The Morgan fingerprint density at radius 2 is 2.04 bits per heavy atom. The van der Waals surface area contributed by atoms with Crippen LogP contribution >= 0.6 is 0 Å². The van der Waals surface area contributed by atoms with Crippen molar-refractivity contribution in [3.63, 3.8) is 0 Å². The van der Waals surface area contributed by atoms with Crippen molar-refractivity contribution in [2.24, 2.45) is 5.41 Å². The van der Waals surface area contributed by atoms with E-state index in [1.165, 1.54) is 36.0 Å². The van der Waals surface area contributed by atoms with Crippen LogP contribution in [-0.4, -0.2) is 24.8 Å². The van der Waals surface area contributed by atoms with Crippen LogP contribution in [0.2, 0.25) is 0 Å². The molecule has 0 heterocycles. The van der Waals surface area contributed by atoms with Crippen molar-refractivity contribution in [1.82, 2.24) is 5.32 Å². The molecular weight excluding hydrogens is 294 g/mol. The van der Waals surface area contributed by atoms with Crippen molar-refractivity contribution in [1.29, 1.82) is 0 Å². The summed E-state index contributed by atoms with van der Waals surface area (Å²) in [5.74, 6) is 0. The van der Waals surface area contributed by atoms with Crippen LogP contribution in [-0.2, 0) is 6.42 Å². The highest BCUT2D eigenvalue weighted by Gasteiger charge is 2.26. The first-order chi connectivity index (χ1) is 11.5. The van der Waals surface area contributed by atoms with Gasteiger partial charge in [-0.1, -0.05) is 55.8 Å². The maximum Gasteiger partial charge on any atom is 0.0555 e. The molecule has 0 fully saturated rings. The van der Waals surface area contributed by atoms with Gasteiger partial charge in [0.25, 0.3) is 0 Å². The van der Waals surface area contributed by atoms with Crippen LogP contribution in [0, 0.1) is 5.41 Å². The lowest BCUT2D eigenvalue weighted by atomic mass is 9.72. The molecule has 2 heteroatoms. The lowest BCUT2D eigenvalue weighted by Crippen LogP contribution is -2.19. The lowest BCUT2D eigenvalue weighted by Gasteiger charge is -2.32. The third kappa shape index (κ3) is 5.61. The van der Waals surface area contributed by atoms with E-state index in [1.54, 1.807) is 5.57 Å². The number of nitrogens with one attached hydrogen (secondary N) is 1. The second-order valence-corrected chi connectivity index (χ2v) is 7.59. The average molecular weight is 328 g/mol. The maximum absolute atomic E-state index is 8.77. The molecule has 0 atom stereocenters. The highest BCUT2D eigenvalue weighted by atomic mass is 16.3. The van der Waals surface area contributed by atoms with E-state index in [9.17, 15) is 0 Å². The van der Waals surface area contributed by atoms with Gasteiger partial charge in [0.2, 0.25) is 0 Å². The first kappa shape index (κ1) is 19.0. The molecule has 0 unspecified atom stereocenters. The Morgan fingerprint density at radius 3 is 2.79 bits per heavy atom. The van der Waals surface area contributed by atoms with Gasteiger partial charge in [-0.05, 0) is 67.7 Å². The number of hydrogen-bond acceptors (Lipinski definition) is 2. The molecule has 0 bridgehead atoms. The number of aliphatic hydroxyl groups excluding tert-OH is 1. The van der Waals surface area contributed by atoms with Crippen LogP contribution in [0.5, 0.6) is 0 Å². The number of rotatable bonds is 8. The summed E-state index contributed by atoms with van der Waals surface area (Å²) >= 11 is 0. The van der Waals surface area contributed by atoms with Gasteiger partial charge >= 0.3 is 0 Å². The van der Waals surface area contributed by atoms with Gasteiger partial charge in [-0.25, -0.2) is 0 Å². The van der Waals surface area contributed by atoms with Crippen LogP contribution in [0.1, 0.15) is 57.6 Å². The van der Waals surface area contributed by atoms with Gasteiger partial charge in [-0.15, -0.1) is 0 Å². The predicted molar refractivity (Wildman–Crippen MR) is 104 cm³/mol. The molecule has 0 aliphatic heterocycles. The van der Waals surface area contributed by atoms with E-state index in [-0.39, 0.29) is 6.61 Å². The Hall–Kier alpha value is -1.38. The quantitative estimate of drug-likeness (QED) is 0.676. The van der Waals surface area contributed by atoms with Crippen LogP contribution in [0.4, 0.5) is 0 Å². The number of benzene rings is 1. The molecule has 0 spiro atoms. The summed E-state index contributed by atoms with van der Waals surface area (Å²) in [5, 5.41) is 12.0. The zero-order chi connectivity index (χ0) is 17.4. The molecule has 1 aromatic carbocycles. The minimum atomic E-state index is 0.214. The monoisotopic (exact) mass is 327 g/mol. The molecule has 1 aromatic rings. The SMILES string of the molecule is CC1=C(C=Cc2cccc(CCCNCCO)c2)C(C)(C)CCC1. The van der Waals surface area contributed by atoms with E-state index >= 15 is 0 Å². The molecule has 2 nitrogen and oxygen atoms in total. The third-order valence-electron chi connectivity index (χ3n) is 5.04. The standard InChI is InChI=1S/C22H33NO/c1-18-7-5-13-22(2,3)21(18)12-11-20-9-4-8-19(17-20)10-6-14-23-15-16-24/h4,8-9,11-12,17,23-24H,5-7,10,13-16H2,1-3H3. The molecule has 2 rings (SSSR count). The van der Waals surface area contributed by atoms with Crippen molar-refractivity contribution in [3.8, 4) is 0 Å². The van der Waals surface area contributed by atoms with Gasteiger partial charge in [0, 0.05) is 6.54 Å². The second-order valence-electron chi connectivity index (χ2n) is 7.59. The van der Waals surface area contributed by atoms with Crippen molar-refractivity contribution >= 4 is 6.08 Å². The van der Waals surface area contributed by atoms with Crippen molar-refractivity contribution in [2.75, 3.05) is 19.7 Å². The molecule has 1 aliphatic rings. The van der Waals surface area contributed by atoms with Crippen molar-refractivity contribution in [2.45, 2.75) is 52.9 Å². The van der Waals surface area contributed by atoms with Gasteiger partial charge < -0.3 is 10.4 Å². The van der Waals surface area contributed by atoms with Gasteiger partial charge in [-0.3, -0.25) is 0 Å². The Labute approximate surface area is 147 Å².